The molecule has 2 heterocycles. The molecule has 156 valence electrons. The zero-order valence-corrected chi connectivity index (χ0v) is 17.5. The molecule has 1 saturated heterocycles. The number of benzene rings is 2. The SMILES string of the molecule is Cc1cccc(N2CCN(C(=O)Cn3c(=O)c(=O)n(C)c4ccccc43)C[C@@H]2C)c1. The lowest BCUT2D eigenvalue weighted by atomic mass is 10.1. The van der Waals surface area contributed by atoms with Gasteiger partial charge in [0, 0.05) is 38.4 Å². The normalized spacial score (nSPS) is 16.8. The number of hydrogen-bond donors (Lipinski definition) is 0. The lowest BCUT2D eigenvalue weighted by Crippen LogP contribution is -2.55. The van der Waals surface area contributed by atoms with Crippen molar-refractivity contribution in [3.05, 3.63) is 74.8 Å². The molecular weight excluding hydrogens is 380 g/mol. The second kappa shape index (κ2) is 7.82. The fourth-order valence-electron chi connectivity index (χ4n) is 4.22. The summed E-state index contributed by atoms with van der Waals surface area (Å²) in [4.78, 5) is 42.1. The Balaban J connectivity index is 1.56. The average molecular weight is 406 g/mol. The third-order valence-corrected chi connectivity index (χ3v) is 5.87. The number of nitrogens with zero attached hydrogens (tertiary/aromatic N) is 4. The summed E-state index contributed by atoms with van der Waals surface area (Å²) in [6.45, 7) is 5.91. The van der Waals surface area contributed by atoms with E-state index in [2.05, 4.69) is 36.9 Å². The van der Waals surface area contributed by atoms with Crippen molar-refractivity contribution in [2.75, 3.05) is 24.5 Å². The summed E-state index contributed by atoms with van der Waals surface area (Å²) < 4.78 is 2.64. The van der Waals surface area contributed by atoms with Gasteiger partial charge in [-0.3, -0.25) is 19.0 Å². The Morgan fingerprint density at radius 1 is 1.00 bits per heavy atom. The summed E-state index contributed by atoms with van der Waals surface area (Å²) in [7, 11) is 1.57. The van der Waals surface area contributed by atoms with Crippen molar-refractivity contribution in [1.29, 1.82) is 0 Å². The quantitative estimate of drug-likeness (QED) is 0.622. The topological polar surface area (TPSA) is 67.5 Å². The fraction of sp³-hybridized carbons (Fsp3) is 0.348. The summed E-state index contributed by atoms with van der Waals surface area (Å²) in [6.07, 6.45) is 0. The minimum absolute atomic E-state index is 0.132. The molecule has 7 nitrogen and oxygen atoms in total. The molecule has 1 fully saturated rings. The number of fused-ring (bicyclic) bond motifs is 1. The van der Waals surface area contributed by atoms with Crippen molar-refractivity contribution in [3.8, 4) is 0 Å². The number of para-hydroxylation sites is 2. The van der Waals surface area contributed by atoms with Gasteiger partial charge in [0.1, 0.15) is 6.54 Å². The highest BCUT2D eigenvalue weighted by atomic mass is 16.2. The molecule has 0 N–H and O–H groups in total. The Morgan fingerprint density at radius 3 is 2.43 bits per heavy atom. The predicted molar refractivity (Wildman–Crippen MR) is 118 cm³/mol. The predicted octanol–water partition coefficient (Wildman–Crippen LogP) is 1.75. The van der Waals surface area contributed by atoms with Crippen LogP contribution in [0.3, 0.4) is 0 Å². The van der Waals surface area contributed by atoms with Gasteiger partial charge in [-0.05, 0) is 43.7 Å². The zero-order chi connectivity index (χ0) is 21.4. The first-order valence-electron chi connectivity index (χ1n) is 10.2. The van der Waals surface area contributed by atoms with Crippen LogP contribution in [-0.2, 0) is 18.4 Å². The summed E-state index contributed by atoms with van der Waals surface area (Å²) in [6, 6.07) is 15.7. The maximum absolute atomic E-state index is 13.0. The number of carbonyl (C=O) groups is 1. The van der Waals surface area contributed by atoms with Crippen LogP contribution in [0.15, 0.2) is 58.1 Å². The summed E-state index contributed by atoms with van der Waals surface area (Å²) in [5.74, 6) is -0.147. The van der Waals surface area contributed by atoms with Gasteiger partial charge in [-0.15, -0.1) is 0 Å². The maximum atomic E-state index is 13.0. The number of aryl methyl sites for hydroxylation is 2. The van der Waals surface area contributed by atoms with E-state index in [9.17, 15) is 14.4 Å². The minimum atomic E-state index is -0.670. The molecule has 3 aromatic rings. The van der Waals surface area contributed by atoms with Crippen LogP contribution in [0.4, 0.5) is 5.69 Å². The molecule has 2 aromatic carbocycles. The molecule has 7 heteroatoms. The first kappa shape index (κ1) is 19.9. The van der Waals surface area contributed by atoms with E-state index in [4.69, 9.17) is 0 Å². The van der Waals surface area contributed by atoms with E-state index in [-0.39, 0.29) is 18.5 Å². The monoisotopic (exact) mass is 406 g/mol. The van der Waals surface area contributed by atoms with Gasteiger partial charge in [-0.25, -0.2) is 0 Å². The van der Waals surface area contributed by atoms with Gasteiger partial charge in [0.2, 0.25) is 5.91 Å². The number of anilines is 1. The molecule has 0 spiro atoms. The van der Waals surface area contributed by atoms with Crippen LogP contribution in [-0.4, -0.2) is 45.6 Å². The fourth-order valence-corrected chi connectivity index (χ4v) is 4.22. The molecule has 0 aliphatic carbocycles. The van der Waals surface area contributed by atoms with Crippen molar-refractivity contribution in [1.82, 2.24) is 14.0 Å². The van der Waals surface area contributed by atoms with Gasteiger partial charge in [0.25, 0.3) is 0 Å². The summed E-state index contributed by atoms with van der Waals surface area (Å²) >= 11 is 0. The van der Waals surface area contributed by atoms with Gasteiger partial charge >= 0.3 is 11.1 Å². The van der Waals surface area contributed by atoms with Crippen LogP contribution in [0.25, 0.3) is 11.0 Å². The molecule has 0 saturated carbocycles. The van der Waals surface area contributed by atoms with E-state index < -0.39 is 11.1 Å². The standard InChI is InChI=1S/C23H26N4O3/c1-16-7-6-8-18(13-16)26-12-11-25(14-17(26)2)21(28)15-27-20-10-5-4-9-19(20)24(3)22(29)23(27)30/h4-10,13,17H,11-12,14-15H2,1-3H3/t17-/m0/s1. The molecule has 1 amide bonds. The largest absolute Gasteiger partial charge is 0.365 e. The molecule has 1 aromatic heterocycles. The molecule has 0 radical (unpaired) electrons. The second-order valence-corrected chi connectivity index (χ2v) is 7.97. The van der Waals surface area contributed by atoms with Crippen molar-refractivity contribution >= 4 is 22.6 Å². The van der Waals surface area contributed by atoms with Crippen LogP contribution in [0.2, 0.25) is 0 Å². The molecule has 1 aliphatic heterocycles. The van der Waals surface area contributed by atoms with E-state index >= 15 is 0 Å². The highest BCUT2D eigenvalue weighted by Gasteiger charge is 2.27. The van der Waals surface area contributed by atoms with Crippen LogP contribution < -0.4 is 16.0 Å². The van der Waals surface area contributed by atoms with Crippen LogP contribution >= 0.6 is 0 Å². The zero-order valence-electron chi connectivity index (χ0n) is 17.5. The number of amides is 1. The Hall–Kier alpha value is -3.35. The first-order valence-corrected chi connectivity index (χ1v) is 10.2. The number of aromatic nitrogens is 2. The van der Waals surface area contributed by atoms with Crippen molar-refractivity contribution in [2.24, 2.45) is 7.05 Å². The summed E-state index contributed by atoms with van der Waals surface area (Å²) in [5.41, 5.74) is 2.28. The van der Waals surface area contributed by atoms with Crippen LogP contribution in [0.5, 0.6) is 0 Å². The van der Waals surface area contributed by atoms with Gasteiger partial charge in [0.15, 0.2) is 0 Å². The van der Waals surface area contributed by atoms with E-state index in [1.54, 1.807) is 30.1 Å². The summed E-state index contributed by atoms with van der Waals surface area (Å²) in [5, 5.41) is 0. The van der Waals surface area contributed by atoms with Crippen molar-refractivity contribution < 1.29 is 4.79 Å². The van der Waals surface area contributed by atoms with E-state index in [1.165, 1.54) is 14.7 Å². The molecule has 4 rings (SSSR count). The highest BCUT2D eigenvalue weighted by Crippen LogP contribution is 2.22. The lowest BCUT2D eigenvalue weighted by Gasteiger charge is -2.41. The van der Waals surface area contributed by atoms with E-state index in [1.807, 2.05) is 12.1 Å². The van der Waals surface area contributed by atoms with Crippen LogP contribution in [0, 0.1) is 6.92 Å². The first-order chi connectivity index (χ1) is 14.4. The van der Waals surface area contributed by atoms with Gasteiger partial charge < -0.3 is 14.4 Å². The van der Waals surface area contributed by atoms with E-state index in [0.29, 0.717) is 24.1 Å². The molecule has 0 unspecified atom stereocenters. The van der Waals surface area contributed by atoms with Gasteiger partial charge in [-0.1, -0.05) is 24.3 Å². The van der Waals surface area contributed by atoms with Crippen LogP contribution in [0.1, 0.15) is 12.5 Å². The average Bonchev–Trinajstić information content (AvgIpc) is 2.75. The number of hydrogen-bond acceptors (Lipinski definition) is 4. The highest BCUT2D eigenvalue weighted by molar-refractivity contribution is 5.80. The lowest BCUT2D eigenvalue weighted by molar-refractivity contribution is -0.132. The van der Waals surface area contributed by atoms with Gasteiger partial charge in [-0.2, -0.15) is 0 Å². The molecular formula is C23H26N4O3. The number of piperazine rings is 1. The molecule has 0 bridgehead atoms. The Labute approximate surface area is 174 Å². The van der Waals surface area contributed by atoms with Crippen molar-refractivity contribution in [2.45, 2.75) is 26.4 Å². The third kappa shape index (κ3) is 3.51. The number of rotatable bonds is 3. The Kier molecular flexibility index (Phi) is 5.20. The van der Waals surface area contributed by atoms with E-state index in [0.717, 1.165) is 12.2 Å². The van der Waals surface area contributed by atoms with Gasteiger partial charge in [0.05, 0.1) is 11.0 Å². The maximum Gasteiger partial charge on any atom is 0.317 e. The molecule has 1 atom stereocenters. The molecule has 30 heavy (non-hydrogen) atoms. The Morgan fingerprint density at radius 2 is 1.73 bits per heavy atom. The molecule has 1 aliphatic rings. The van der Waals surface area contributed by atoms with Crippen molar-refractivity contribution in [3.63, 3.8) is 0 Å². The third-order valence-electron chi connectivity index (χ3n) is 5.87. The second-order valence-electron chi connectivity index (χ2n) is 7.97. The minimum Gasteiger partial charge on any atom is -0.365 e. The smallest absolute Gasteiger partial charge is 0.317 e. The number of carbonyl (C=O) groups excluding carboxylic acids is 1. The Bertz CT molecular complexity index is 1230.